The number of ether oxygens (including phenoxy) is 1. The normalized spacial score (nSPS) is 25.2. The van der Waals surface area contributed by atoms with E-state index < -0.39 is 0 Å². The molecule has 1 saturated carbocycles. The lowest BCUT2D eigenvalue weighted by Gasteiger charge is -2.27. The molecule has 0 radical (unpaired) electrons. The highest BCUT2D eigenvalue weighted by atomic mass is 16.5. The van der Waals surface area contributed by atoms with Crippen molar-refractivity contribution < 1.29 is 9.53 Å². The van der Waals surface area contributed by atoms with Crippen LogP contribution in [0.5, 0.6) is 0 Å². The molecular weight excluding hydrogens is 216 g/mol. The molecule has 4 heteroatoms. The van der Waals surface area contributed by atoms with Crippen molar-refractivity contribution in [2.45, 2.75) is 57.1 Å². The largest absolute Gasteiger partial charge is 0.367 e. The third kappa shape index (κ3) is 3.19. The summed E-state index contributed by atoms with van der Waals surface area (Å²) >= 11 is 0. The highest BCUT2D eigenvalue weighted by molar-refractivity contribution is 5.80. The van der Waals surface area contributed by atoms with Crippen molar-refractivity contribution in [1.82, 2.24) is 4.90 Å². The highest BCUT2D eigenvalue weighted by Gasteiger charge is 2.32. The van der Waals surface area contributed by atoms with Crippen LogP contribution in [-0.2, 0) is 9.53 Å². The predicted octanol–water partition coefficient (Wildman–Crippen LogP) is 1.29. The molecule has 2 N–H and O–H groups in total. The minimum atomic E-state index is -0.339. The van der Waals surface area contributed by atoms with Crippen LogP contribution in [0.1, 0.15) is 45.4 Å². The van der Waals surface area contributed by atoms with Crippen LogP contribution in [0.15, 0.2) is 0 Å². The summed E-state index contributed by atoms with van der Waals surface area (Å²) in [6, 6.07) is 0. The van der Waals surface area contributed by atoms with Crippen LogP contribution >= 0.6 is 0 Å². The molecule has 0 aromatic carbocycles. The van der Waals surface area contributed by atoms with E-state index in [9.17, 15) is 4.79 Å². The standard InChI is InChI=1S/C13H24N2O2/c1-11(12(16)15-8-4-5-9-15)17-10-13(14)6-2-3-7-13/h11H,2-10,14H2,1H3. The Morgan fingerprint density at radius 1 is 1.29 bits per heavy atom. The van der Waals surface area contributed by atoms with Gasteiger partial charge in [-0.05, 0) is 32.6 Å². The lowest BCUT2D eigenvalue weighted by Crippen LogP contribution is -2.45. The van der Waals surface area contributed by atoms with E-state index in [1.54, 1.807) is 0 Å². The average Bonchev–Trinajstić information content (AvgIpc) is 2.96. The monoisotopic (exact) mass is 240 g/mol. The molecule has 2 aliphatic rings. The number of hydrogen-bond acceptors (Lipinski definition) is 3. The molecule has 0 bridgehead atoms. The summed E-state index contributed by atoms with van der Waals surface area (Å²) in [4.78, 5) is 13.9. The van der Waals surface area contributed by atoms with E-state index in [0.717, 1.165) is 38.8 Å². The van der Waals surface area contributed by atoms with Gasteiger partial charge in [0, 0.05) is 18.6 Å². The van der Waals surface area contributed by atoms with Crippen LogP contribution in [0.4, 0.5) is 0 Å². The second-order valence-electron chi connectivity index (χ2n) is 5.56. The molecule has 98 valence electrons. The third-order valence-electron chi connectivity index (χ3n) is 3.99. The summed E-state index contributed by atoms with van der Waals surface area (Å²) in [5.74, 6) is 0.129. The van der Waals surface area contributed by atoms with Gasteiger partial charge in [-0.25, -0.2) is 0 Å². The molecule has 2 fully saturated rings. The summed E-state index contributed by atoms with van der Waals surface area (Å²) in [7, 11) is 0. The van der Waals surface area contributed by atoms with Crippen LogP contribution in [-0.4, -0.2) is 42.1 Å². The van der Waals surface area contributed by atoms with Crippen molar-refractivity contribution >= 4 is 5.91 Å². The van der Waals surface area contributed by atoms with E-state index in [0.29, 0.717) is 6.61 Å². The van der Waals surface area contributed by atoms with Gasteiger partial charge in [0.25, 0.3) is 5.91 Å². The van der Waals surface area contributed by atoms with Gasteiger partial charge in [0.1, 0.15) is 6.10 Å². The van der Waals surface area contributed by atoms with Crippen LogP contribution in [0, 0.1) is 0 Å². The van der Waals surface area contributed by atoms with Gasteiger partial charge in [-0.1, -0.05) is 12.8 Å². The molecule has 1 amide bonds. The fraction of sp³-hybridized carbons (Fsp3) is 0.923. The van der Waals surface area contributed by atoms with Gasteiger partial charge in [0.15, 0.2) is 0 Å². The van der Waals surface area contributed by atoms with Gasteiger partial charge >= 0.3 is 0 Å². The van der Waals surface area contributed by atoms with Crippen LogP contribution in [0.3, 0.4) is 0 Å². The molecule has 1 unspecified atom stereocenters. The number of nitrogens with zero attached hydrogens (tertiary/aromatic N) is 1. The maximum atomic E-state index is 12.0. The number of carbonyl (C=O) groups excluding carboxylic acids is 1. The predicted molar refractivity (Wildman–Crippen MR) is 66.6 cm³/mol. The van der Waals surface area contributed by atoms with Gasteiger partial charge in [-0.15, -0.1) is 0 Å². The average molecular weight is 240 g/mol. The molecule has 1 aliphatic carbocycles. The molecule has 1 atom stereocenters. The minimum Gasteiger partial charge on any atom is -0.367 e. The number of carbonyl (C=O) groups is 1. The van der Waals surface area contributed by atoms with E-state index in [1.165, 1.54) is 12.8 Å². The van der Waals surface area contributed by atoms with Crippen molar-refractivity contribution in [3.63, 3.8) is 0 Å². The zero-order valence-electron chi connectivity index (χ0n) is 10.8. The lowest BCUT2D eigenvalue weighted by atomic mass is 10.0. The summed E-state index contributed by atoms with van der Waals surface area (Å²) in [5, 5.41) is 0. The first kappa shape index (κ1) is 12.8. The summed E-state index contributed by atoms with van der Waals surface area (Å²) in [5.41, 5.74) is 6.03. The SMILES string of the molecule is CC(OCC1(N)CCCC1)C(=O)N1CCCC1. The Morgan fingerprint density at radius 2 is 1.88 bits per heavy atom. The molecule has 17 heavy (non-hydrogen) atoms. The van der Waals surface area contributed by atoms with Crippen molar-refractivity contribution in [2.24, 2.45) is 5.73 Å². The maximum absolute atomic E-state index is 12.0. The smallest absolute Gasteiger partial charge is 0.251 e. The molecule has 0 aromatic heterocycles. The number of rotatable bonds is 4. The number of likely N-dealkylation sites (tertiary alicyclic amines) is 1. The van der Waals surface area contributed by atoms with E-state index in [4.69, 9.17) is 10.5 Å². The lowest BCUT2D eigenvalue weighted by molar-refractivity contribution is -0.142. The van der Waals surface area contributed by atoms with Crippen molar-refractivity contribution in [1.29, 1.82) is 0 Å². The Kier molecular flexibility index (Phi) is 4.05. The fourth-order valence-electron chi connectivity index (χ4n) is 2.78. The molecule has 0 spiro atoms. The van der Waals surface area contributed by atoms with Crippen molar-refractivity contribution in [3.8, 4) is 0 Å². The Labute approximate surface area is 103 Å². The summed E-state index contributed by atoms with van der Waals surface area (Å²) in [6.45, 7) is 4.15. The Balaban J connectivity index is 1.76. The maximum Gasteiger partial charge on any atom is 0.251 e. The Hall–Kier alpha value is -0.610. The highest BCUT2D eigenvalue weighted by Crippen LogP contribution is 2.27. The second kappa shape index (κ2) is 5.36. The van der Waals surface area contributed by atoms with E-state index in [-0.39, 0.29) is 17.6 Å². The second-order valence-corrected chi connectivity index (χ2v) is 5.56. The van der Waals surface area contributed by atoms with Gasteiger partial charge in [-0.2, -0.15) is 0 Å². The van der Waals surface area contributed by atoms with Crippen molar-refractivity contribution in [2.75, 3.05) is 19.7 Å². The van der Waals surface area contributed by atoms with Crippen LogP contribution in [0.2, 0.25) is 0 Å². The first-order valence-corrected chi connectivity index (χ1v) is 6.80. The number of nitrogens with two attached hydrogens (primary N) is 1. The first-order valence-electron chi connectivity index (χ1n) is 6.80. The molecule has 1 aliphatic heterocycles. The fourth-order valence-corrected chi connectivity index (χ4v) is 2.78. The topological polar surface area (TPSA) is 55.6 Å². The van der Waals surface area contributed by atoms with Crippen molar-refractivity contribution in [3.05, 3.63) is 0 Å². The zero-order valence-corrected chi connectivity index (χ0v) is 10.8. The van der Waals surface area contributed by atoms with E-state index in [1.807, 2.05) is 11.8 Å². The molecule has 1 saturated heterocycles. The number of amides is 1. The molecular formula is C13H24N2O2. The van der Waals surface area contributed by atoms with Gasteiger partial charge in [0.05, 0.1) is 6.61 Å². The summed E-state index contributed by atoms with van der Waals surface area (Å²) < 4.78 is 5.69. The molecule has 4 nitrogen and oxygen atoms in total. The van der Waals surface area contributed by atoms with Crippen LogP contribution < -0.4 is 5.73 Å². The van der Waals surface area contributed by atoms with Crippen LogP contribution in [0.25, 0.3) is 0 Å². The van der Waals surface area contributed by atoms with Gasteiger partial charge in [0.2, 0.25) is 0 Å². The number of hydrogen-bond donors (Lipinski definition) is 1. The first-order chi connectivity index (χ1) is 8.11. The Morgan fingerprint density at radius 3 is 2.47 bits per heavy atom. The zero-order chi connectivity index (χ0) is 12.3. The quantitative estimate of drug-likeness (QED) is 0.805. The third-order valence-corrected chi connectivity index (χ3v) is 3.99. The van der Waals surface area contributed by atoms with E-state index >= 15 is 0 Å². The summed E-state index contributed by atoms with van der Waals surface area (Å²) in [6.07, 6.45) is 6.34. The molecule has 2 rings (SSSR count). The minimum absolute atomic E-state index is 0.129. The van der Waals surface area contributed by atoms with Gasteiger partial charge in [-0.3, -0.25) is 4.79 Å². The molecule has 0 aromatic rings. The van der Waals surface area contributed by atoms with E-state index in [2.05, 4.69) is 0 Å². The van der Waals surface area contributed by atoms with Gasteiger partial charge < -0.3 is 15.4 Å². The molecule has 1 heterocycles. The Bertz CT molecular complexity index is 269.